The average molecular weight is 276 g/mol. The Labute approximate surface area is 126 Å². The smallest absolute Gasteiger partial charge is 0.165 e. The van der Waals surface area contributed by atoms with Gasteiger partial charge in [0, 0.05) is 11.5 Å². The minimum atomic E-state index is 0.300. The molecular formula is C20H20O. The first kappa shape index (κ1) is 12.8. The summed E-state index contributed by atoms with van der Waals surface area (Å²) < 4.78 is 0. The zero-order valence-electron chi connectivity index (χ0n) is 12.2. The van der Waals surface area contributed by atoms with Gasteiger partial charge in [0.2, 0.25) is 0 Å². The van der Waals surface area contributed by atoms with Crippen molar-refractivity contribution in [1.82, 2.24) is 0 Å². The van der Waals surface area contributed by atoms with E-state index in [2.05, 4.69) is 36.4 Å². The molecule has 1 nitrogen and oxygen atoms in total. The van der Waals surface area contributed by atoms with E-state index in [1.165, 1.54) is 17.5 Å². The van der Waals surface area contributed by atoms with Gasteiger partial charge in [-0.3, -0.25) is 4.79 Å². The zero-order valence-corrected chi connectivity index (χ0v) is 12.2. The van der Waals surface area contributed by atoms with E-state index in [0.717, 1.165) is 36.7 Å². The van der Waals surface area contributed by atoms with Crippen molar-refractivity contribution in [2.45, 2.75) is 25.7 Å². The van der Waals surface area contributed by atoms with Gasteiger partial charge in [0.1, 0.15) is 0 Å². The SMILES string of the molecule is O=C(c1ccc(Cc2ccccc2)cc1)C1CC2CC2C1. The van der Waals surface area contributed by atoms with Crippen LogP contribution in [-0.2, 0) is 6.42 Å². The number of Topliss-reactive ketones (excluding diaryl/α,β-unsaturated/α-hetero) is 1. The summed E-state index contributed by atoms with van der Waals surface area (Å²) in [6, 6.07) is 18.7. The van der Waals surface area contributed by atoms with Crippen molar-refractivity contribution in [3.05, 3.63) is 71.3 Å². The van der Waals surface area contributed by atoms with E-state index in [1.807, 2.05) is 18.2 Å². The number of hydrogen-bond donors (Lipinski definition) is 0. The van der Waals surface area contributed by atoms with Gasteiger partial charge in [-0.1, -0.05) is 54.6 Å². The molecule has 0 bridgehead atoms. The molecule has 0 N–H and O–H groups in total. The van der Waals surface area contributed by atoms with Crippen molar-refractivity contribution >= 4 is 5.78 Å². The van der Waals surface area contributed by atoms with Crippen molar-refractivity contribution in [3.8, 4) is 0 Å². The van der Waals surface area contributed by atoms with Gasteiger partial charge in [0.05, 0.1) is 0 Å². The molecule has 0 aromatic heterocycles. The quantitative estimate of drug-likeness (QED) is 0.751. The molecule has 0 spiro atoms. The predicted molar refractivity (Wildman–Crippen MR) is 84.3 cm³/mol. The zero-order chi connectivity index (χ0) is 14.2. The van der Waals surface area contributed by atoms with Crippen molar-refractivity contribution < 1.29 is 4.79 Å². The number of hydrogen-bond acceptors (Lipinski definition) is 1. The summed E-state index contributed by atoms with van der Waals surface area (Å²) in [6.07, 6.45) is 4.58. The van der Waals surface area contributed by atoms with E-state index in [0.29, 0.717) is 11.7 Å². The second-order valence-electron chi connectivity index (χ2n) is 6.65. The lowest BCUT2D eigenvalue weighted by atomic mass is 9.92. The Morgan fingerprint density at radius 2 is 1.43 bits per heavy atom. The van der Waals surface area contributed by atoms with Crippen LogP contribution in [0, 0.1) is 17.8 Å². The van der Waals surface area contributed by atoms with Crippen LogP contribution in [0.3, 0.4) is 0 Å². The summed E-state index contributed by atoms with van der Waals surface area (Å²) >= 11 is 0. The number of carbonyl (C=O) groups is 1. The first-order chi connectivity index (χ1) is 10.3. The number of benzene rings is 2. The number of ketones is 1. The first-order valence-corrected chi connectivity index (χ1v) is 7.96. The lowest BCUT2D eigenvalue weighted by Gasteiger charge is -2.11. The van der Waals surface area contributed by atoms with Crippen molar-refractivity contribution in [2.75, 3.05) is 0 Å². The summed E-state index contributed by atoms with van der Waals surface area (Å²) in [4.78, 5) is 12.5. The highest BCUT2D eigenvalue weighted by Gasteiger charge is 2.47. The topological polar surface area (TPSA) is 17.1 Å². The summed E-state index contributed by atoms with van der Waals surface area (Å²) in [5.41, 5.74) is 3.48. The third-order valence-electron chi connectivity index (χ3n) is 5.10. The fourth-order valence-electron chi connectivity index (χ4n) is 3.78. The fraction of sp³-hybridized carbons (Fsp3) is 0.350. The van der Waals surface area contributed by atoms with Crippen LogP contribution in [0.1, 0.15) is 40.7 Å². The van der Waals surface area contributed by atoms with Crippen LogP contribution in [0.4, 0.5) is 0 Å². The van der Waals surface area contributed by atoms with E-state index >= 15 is 0 Å². The van der Waals surface area contributed by atoms with Gasteiger partial charge < -0.3 is 0 Å². The molecule has 0 amide bonds. The maximum Gasteiger partial charge on any atom is 0.165 e. The lowest BCUT2D eigenvalue weighted by Crippen LogP contribution is -2.12. The maximum atomic E-state index is 12.5. The molecule has 2 aromatic carbocycles. The Morgan fingerprint density at radius 3 is 2.10 bits per heavy atom. The summed E-state index contributed by atoms with van der Waals surface area (Å²) in [5, 5.41) is 0. The number of fused-ring (bicyclic) bond motifs is 1. The Hall–Kier alpha value is -1.89. The third kappa shape index (κ3) is 2.65. The molecule has 2 aromatic rings. The Balaban J connectivity index is 1.44. The standard InChI is InChI=1S/C20H20O/c21-20(19-12-17-11-18(17)13-19)16-8-6-15(7-9-16)10-14-4-2-1-3-5-14/h1-9,17-19H,10-13H2. The van der Waals surface area contributed by atoms with E-state index in [9.17, 15) is 4.79 Å². The molecule has 106 valence electrons. The fourth-order valence-corrected chi connectivity index (χ4v) is 3.78. The van der Waals surface area contributed by atoms with Crippen LogP contribution in [0.5, 0.6) is 0 Å². The highest BCUT2D eigenvalue weighted by Crippen LogP contribution is 2.54. The second kappa shape index (κ2) is 5.14. The van der Waals surface area contributed by atoms with Gasteiger partial charge >= 0.3 is 0 Å². The van der Waals surface area contributed by atoms with Crippen LogP contribution in [0.2, 0.25) is 0 Å². The maximum absolute atomic E-state index is 12.5. The van der Waals surface area contributed by atoms with Crippen LogP contribution in [-0.4, -0.2) is 5.78 Å². The van der Waals surface area contributed by atoms with E-state index in [4.69, 9.17) is 0 Å². The molecule has 4 rings (SSSR count). The molecule has 2 aliphatic carbocycles. The minimum absolute atomic E-state index is 0.300. The summed E-state index contributed by atoms with van der Waals surface area (Å²) in [6.45, 7) is 0. The monoisotopic (exact) mass is 276 g/mol. The van der Waals surface area contributed by atoms with Gasteiger partial charge in [-0.05, 0) is 48.6 Å². The summed E-state index contributed by atoms with van der Waals surface area (Å²) in [7, 11) is 0. The van der Waals surface area contributed by atoms with Crippen LogP contribution < -0.4 is 0 Å². The first-order valence-electron chi connectivity index (χ1n) is 7.96. The van der Waals surface area contributed by atoms with E-state index in [1.54, 1.807) is 0 Å². The van der Waals surface area contributed by atoms with Gasteiger partial charge in [-0.15, -0.1) is 0 Å². The highest BCUT2D eigenvalue weighted by molar-refractivity contribution is 5.98. The second-order valence-corrected chi connectivity index (χ2v) is 6.65. The van der Waals surface area contributed by atoms with E-state index < -0.39 is 0 Å². The molecule has 0 heterocycles. The van der Waals surface area contributed by atoms with Crippen molar-refractivity contribution in [3.63, 3.8) is 0 Å². The molecule has 2 aliphatic rings. The Morgan fingerprint density at radius 1 is 0.810 bits per heavy atom. The molecule has 2 atom stereocenters. The Bertz CT molecular complexity index is 631. The van der Waals surface area contributed by atoms with Gasteiger partial charge in [-0.25, -0.2) is 0 Å². The minimum Gasteiger partial charge on any atom is -0.294 e. The molecular weight excluding hydrogens is 256 g/mol. The largest absolute Gasteiger partial charge is 0.294 e. The van der Waals surface area contributed by atoms with Crippen LogP contribution >= 0.6 is 0 Å². The van der Waals surface area contributed by atoms with Crippen LogP contribution in [0.15, 0.2) is 54.6 Å². The summed E-state index contributed by atoms with van der Waals surface area (Å²) in [5.74, 6) is 2.41. The average Bonchev–Trinajstić information content (AvgIpc) is 3.14. The van der Waals surface area contributed by atoms with Crippen LogP contribution in [0.25, 0.3) is 0 Å². The lowest BCUT2D eigenvalue weighted by molar-refractivity contribution is 0.0914. The van der Waals surface area contributed by atoms with Gasteiger partial charge in [-0.2, -0.15) is 0 Å². The van der Waals surface area contributed by atoms with Gasteiger partial charge in [0.25, 0.3) is 0 Å². The highest BCUT2D eigenvalue weighted by atomic mass is 16.1. The molecule has 2 unspecified atom stereocenters. The number of carbonyl (C=O) groups excluding carboxylic acids is 1. The third-order valence-corrected chi connectivity index (χ3v) is 5.10. The molecule has 1 heteroatoms. The van der Waals surface area contributed by atoms with Crippen molar-refractivity contribution in [2.24, 2.45) is 17.8 Å². The molecule has 0 saturated heterocycles. The van der Waals surface area contributed by atoms with Crippen molar-refractivity contribution in [1.29, 1.82) is 0 Å². The number of rotatable bonds is 4. The van der Waals surface area contributed by atoms with Gasteiger partial charge in [0.15, 0.2) is 5.78 Å². The molecule has 0 aliphatic heterocycles. The molecule has 2 saturated carbocycles. The normalized spacial score (nSPS) is 26.4. The molecule has 2 fully saturated rings. The predicted octanol–water partition coefficient (Wildman–Crippen LogP) is 4.51. The Kier molecular flexibility index (Phi) is 3.14. The van der Waals surface area contributed by atoms with E-state index in [-0.39, 0.29) is 0 Å². The molecule has 0 radical (unpaired) electrons. The molecule has 21 heavy (non-hydrogen) atoms.